The van der Waals surface area contributed by atoms with E-state index in [4.69, 9.17) is 4.74 Å². The van der Waals surface area contributed by atoms with Crippen LogP contribution in [0.5, 0.6) is 0 Å². The molecular weight excluding hydrogens is 522 g/mol. The lowest BCUT2D eigenvalue weighted by Gasteiger charge is -2.15. The minimum atomic E-state index is -0.492. The molecule has 206 valence electrons. The Bertz CT molecular complexity index is 1780. The Labute approximate surface area is 245 Å². The molecule has 1 N–H and O–H groups in total. The van der Waals surface area contributed by atoms with Gasteiger partial charge in [-0.1, -0.05) is 78.4 Å². The Morgan fingerprint density at radius 3 is 2.07 bits per heavy atom. The molecule has 0 radical (unpaired) electrons. The number of carbonyl (C=O) groups excluding carboxylic acids is 2. The summed E-state index contributed by atoms with van der Waals surface area (Å²) >= 11 is 0. The fourth-order valence-corrected chi connectivity index (χ4v) is 4.72. The molecule has 6 heteroatoms. The SMILES string of the molecule is CCOC(=O)c1ccc(-n2c(-c3ccccc3)cc(/C=C(\C#N)C(=O)Nc3ccc(C)cc3)c2-c2ccccc2)cc1. The summed E-state index contributed by atoms with van der Waals surface area (Å²) in [5.74, 6) is -0.877. The van der Waals surface area contributed by atoms with Gasteiger partial charge in [0.05, 0.1) is 23.6 Å². The van der Waals surface area contributed by atoms with E-state index in [1.165, 1.54) is 0 Å². The average Bonchev–Trinajstić information content (AvgIpc) is 3.41. The van der Waals surface area contributed by atoms with E-state index in [-0.39, 0.29) is 11.5 Å². The first-order chi connectivity index (χ1) is 20.5. The van der Waals surface area contributed by atoms with E-state index in [9.17, 15) is 14.9 Å². The number of ether oxygens (including phenoxy) is 1. The maximum Gasteiger partial charge on any atom is 0.338 e. The van der Waals surface area contributed by atoms with Crippen LogP contribution >= 0.6 is 0 Å². The van der Waals surface area contributed by atoms with E-state index < -0.39 is 5.91 Å². The molecule has 0 fully saturated rings. The topological polar surface area (TPSA) is 84.1 Å². The van der Waals surface area contributed by atoms with Crippen LogP contribution in [0.2, 0.25) is 0 Å². The minimum absolute atomic E-state index is 0.0258. The number of nitriles is 1. The molecule has 0 aliphatic rings. The molecule has 0 aliphatic carbocycles. The van der Waals surface area contributed by atoms with E-state index in [0.717, 1.165) is 33.8 Å². The number of benzene rings is 4. The van der Waals surface area contributed by atoms with Gasteiger partial charge in [-0.3, -0.25) is 4.79 Å². The highest BCUT2D eigenvalue weighted by Crippen LogP contribution is 2.37. The van der Waals surface area contributed by atoms with Crippen LogP contribution in [-0.2, 0) is 9.53 Å². The Balaban J connectivity index is 1.69. The zero-order valence-electron chi connectivity index (χ0n) is 23.4. The van der Waals surface area contributed by atoms with Gasteiger partial charge in [0.1, 0.15) is 11.6 Å². The van der Waals surface area contributed by atoms with Gasteiger partial charge < -0.3 is 14.6 Å². The molecular formula is C36H29N3O3. The van der Waals surface area contributed by atoms with Crippen molar-refractivity contribution in [1.82, 2.24) is 4.57 Å². The fraction of sp³-hybridized carbons (Fsp3) is 0.0833. The van der Waals surface area contributed by atoms with Crippen molar-refractivity contribution in [2.45, 2.75) is 13.8 Å². The van der Waals surface area contributed by atoms with Gasteiger partial charge in [0.15, 0.2) is 0 Å². The predicted octanol–water partition coefficient (Wildman–Crippen LogP) is 7.84. The van der Waals surface area contributed by atoms with E-state index in [1.54, 1.807) is 25.1 Å². The van der Waals surface area contributed by atoms with E-state index in [2.05, 4.69) is 16.0 Å². The predicted molar refractivity (Wildman–Crippen MR) is 166 cm³/mol. The molecule has 0 atom stereocenters. The summed E-state index contributed by atoms with van der Waals surface area (Å²) in [6.45, 7) is 4.04. The van der Waals surface area contributed by atoms with Gasteiger partial charge in [-0.2, -0.15) is 5.26 Å². The number of aromatic nitrogens is 1. The molecule has 5 rings (SSSR count). The van der Waals surface area contributed by atoms with E-state index in [1.807, 2.05) is 110 Å². The van der Waals surface area contributed by atoms with Crippen molar-refractivity contribution >= 4 is 23.6 Å². The second-order valence-corrected chi connectivity index (χ2v) is 9.66. The number of anilines is 1. The molecule has 5 aromatic rings. The summed E-state index contributed by atoms with van der Waals surface area (Å²) in [6.07, 6.45) is 1.63. The van der Waals surface area contributed by atoms with Crippen LogP contribution in [0.15, 0.2) is 121 Å². The molecule has 0 aliphatic heterocycles. The lowest BCUT2D eigenvalue weighted by atomic mass is 10.0. The van der Waals surface area contributed by atoms with Gasteiger partial charge in [0, 0.05) is 16.9 Å². The largest absolute Gasteiger partial charge is 0.462 e. The number of esters is 1. The van der Waals surface area contributed by atoms with Gasteiger partial charge in [-0.05, 0) is 73.5 Å². The third-order valence-electron chi connectivity index (χ3n) is 6.76. The molecule has 0 saturated carbocycles. The quantitative estimate of drug-likeness (QED) is 0.121. The lowest BCUT2D eigenvalue weighted by molar-refractivity contribution is -0.112. The van der Waals surface area contributed by atoms with Crippen molar-refractivity contribution in [2.75, 3.05) is 11.9 Å². The Hall–Kier alpha value is -5.67. The number of aryl methyl sites for hydroxylation is 1. The Morgan fingerprint density at radius 2 is 1.48 bits per heavy atom. The highest BCUT2D eigenvalue weighted by molar-refractivity contribution is 6.10. The second-order valence-electron chi connectivity index (χ2n) is 9.66. The van der Waals surface area contributed by atoms with Crippen LogP contribution in [0, 0.1) is 18.3 Å². The first-order valence-electron chi connectivity index (χ1n) is 13.6. The number of rotatable bonds is 8. The van der Waals surface area contributed by atoms with Crippen molar-refractivity contribution in [1.29, 1.82) is 5.26 Å². The maximum atomic E-state index is 13.2. The lowest BCUT2D eigenvalue weighted by Crippen LogP contribution is -2.13. The van der Waals surface area contributed by atoms with Crippen molar-refractivity contribution in [3.63, 3.8) is 0 Å². The second kappa shape index (κ2) is 12.7. The molecule has 0 spiro atoms. The van der Waals surface area contributed by atoms with Crippen molar-refractivity contribution in [2.24, 2.45) is 0 Å². The summed E-state index contributed by atoms with van der Waals surface area (Å²) in [4.78, 5) is 25.5. The highest BCUT2D eigenvalue weighted by Gasteiger charge is 2.21. The Morgan fingerprint density at radius 1 is 0.857 bits per heavy atom. The maximum absolute atomic E-state index is 13.2. The third-order valence-corrected chi connectivity index (χ3v) is 6.76. The summed E-state index contributed by atoms with van der Waals surface area (Å²) in [5, 5.41) is 12.9. The molecule has 42 heavy (non-hydrogen) atoms. The summed E-state index contributed by atoms with van der Waals surface area (Å²) in [6, 6.07) is 38.4. The zero-order valence-corrected chi connectivity index (χ0v) is 23.4. The third kappa shape index (κ3) is 6.06. The minimum Gasteiger partial charge on any atom is -0.462 e. The van der Waals surface area contributed by atoms with Crippen LogP contribution in [0.3, 0.4) is 0 Å². The van der Waals surface area contributed by atoms with Crippen molar-refractivity contribution in [3.8, 4) is 34.3 Å². The molecule has 0 unspecified atom stereocenters. The van der Waals surface area contributed by atoms with Gasteiger partial charge in [-0.25, -0.2) is 4.79 Å². The molecule has 0 bridgehead atoms. The van der Waals surface area contributed by atoms with Gasteiger partial charge >= 0.3 is 5.97 Å². The van der Waals surface area contributed by atoms with E-state index >= 15 is 0 Å². The van der Waals surface area contributed by atoms with Gasteiger partial charge in [0.2, 0.25) is 0 Å². The van der Waals surface area contributed by atoms with Crippen LogP contribution in [0.25, 0.3) is 34.3 Å². The summed E-state index contributed by atoms with van der Waals surface area (Å²) in [7, 11) is 0. The van der Waals surface area contributed by atoms with Crippen LogP contribution in [0.1, 0.15) is 28.4 Å². The molecule has 1 amide bonds. The van der Waals surface area contributed by atoms with E-state index in [0.29, 0.717) is 23.4 Å². The molecule has 6 nitrogen and oxygen atoms in total. The molecule has 1 aromatic heterocycles. The zero-order chi connectivity index (χ0) is 29.5. The Kier molecular flexibility index (Phi) is 8.41. The highest BCUT2D eigenvalue weighted by atomic mass is 16.5. The monoisotopic (exact) mass is 551 g/mol. The van der Waals surface area contributed by atoms with Crippen molar-refractivity contribution in [3.05, 3.63) is 138 Å². The van der Waals surface area contributed by atoms with Gasteiger partial charge in [-0.15, -0.1) is 0 Å². The van der Waals surface area contributed by atoms with Crippen LogP contribution < -0.4 is 5.32 Å². The number of carbonyl (C=O) groups is 2. The molecule has 0 saturated heterocycles. The number of hydrogen-bond acceptors (Lipinski definition) is 4. The molecule has 4 aromatic carbocycles. The van der Waals surface area contributed by atoms with Crippen LogP contribution in [-0.4, -0.2) is 23.1 Å². The first-order valence-corrected chi connectivity index (χ1v) is 13.6. The normalized spacial score (nSPS) is 11.0. The molecule has 1 heterocycles. The number of hydrogen-bond donors (Lipinski definition) is 1. The van der Waals surface area contributed by atoms with Gasteiger partial charge in [0.25, 0.3) is 5.91 Å². The average molecular weight is 552 g/mol. The fourth-order valence-electron chi connectivity index (χ4n) is 4.72. The smallest absolute Gasteiger partial charge is 0.338 e. The standard InChI is InChI=1S/C36H29N3O3/c1-3-42-36(41)28-16-20-32(21-17-28)39-33(26-10-6-4-7-11-26)23-29(34(39)27-12-8-5-9-13-27)22-30(24-37)35(40)38-31-18-14-25(2)15-19-31/h4-23H,3H2,1-2H3,(H,38,40)/b30-22+. The number of nitrogens with zero attached hydrogens (tertiary/aromatic N) is 2. The van der Waals surface area contributed by atoms with Crippen molar-refractivity contribution < 1.29 is 14.3 Å². The number of nitrogens with one attached hydrogen (secondary N) is 1. The first kappa shape index (κ1) is 27.9. The summed E-state index contributed by atoms with van der Waals surface area (Å²) < 4.78 is 7.25. The number of amides is 1. The van der Waals surface area contributed by atoms with Crippen LogP contribution in [0.4, 0.5) is 5.69 Å². The summed E-state index contributed by atoms with van der Waals surface area (Å²) in [5.41, 5.74) is 7.13.